The molecule has 0 aliphatic carbocycles. The molecule has 0 saturated heterocycles. The summed E-state index contributed by atoms with van der Waals surface area (Å²) in [5.74, 6) is -1.74. The Hall–Kier alpha value is -2.02. The van der Waals surface area contributed by atoms with Crippen LogP contribution in [0.3, 0.4) is 0 Å². The van der Waals surface area contributed by atoms with Crippen LogP contribution in [0.5, 0.6) is 0 Å². The number of aryl methyl sites for hydroxylation is 1. The molecule has 2 aromatic rings. The van der Waals surface area contributed by atoms with Crippen LogP contribution in [0.15, 0.2) is 12.1 Å². The summed E-state index contributed by atoms with van der Waals surface area (Å²) in [7, 11) is 1.49. The number of rotatable bonds is 3. The summed E-state index contributed by atoms with van der Waals surface area (Å²) >= 11 is 5.76. The van der Waals surface area contributed by atoms with E-state index in [-0.39, 0.29) is 17.1 Å². The molecule has 1 heterocycles. The molecular weight excluding hydrogens is 290 g/mol. The van der Waals surface area contributed by atoms with E-state index in [9.17, 15) is 13.6 Å². The first-order chi connectivity index (χ1) is 9.38. The van der Waals surface area contributed by atoms with Gasteiger partial charge in [0.15, 0.2) is 17.5 Å². The van der Waals surface area contributed by atoms with Crippen molar-refractivity contribution in [2.75, 3.05) is 7.05 Å². The number of aromatic nitrogens is 3. The van der Waals surface area contributed by atoms with Gasteiger partial charge in [-0.25, -0.2) is 13.8 Å². The molecule has 1 aromatic heterocycles. The van der Waals surface area contributed by atoms with Crippen molar-refractivity contribution < 1.29 is 13.6 Å². The fourth-order valence-corrected chi connectivity index (χ4v) is 1.87. The van der Waals surface area contributed by atoms with Gasteiger partial charge in [-0.15, -0.1) is 0 Å². The minimum atomic E-state index is -1.13. The largest absolute Gasteiger partial charge is 0.334 e. The fraction of sp³-hybridized carbons (Fsp3) is 0.250. The van der Waals surface area contributed by atoms with Gasteiger partial charge in [0.05, 0.1) is 17.1 Å². The predicted octanol–water partition coefficient (Wildman–Crippen LogP) is 2.32. The average molecular weight is 301 g/mol. The van der Waals surface area contributed by atoms with E-state index >= 15 is 0 Å². The van der Waals surface area contributed by atoms with E-state index < -0.39 is 17.5 Å². The van der Waals surface area contributed by atoms with Crippen molar-refractivity contribution in [3.63, 3.8) is 0 Å². The Morgan fingerprint density at radius 3 is 2.65 bits per heavy atom. The Morgan fingerprint density at radius 2 is 2.05 bits per heavy atom. The van der Waals surface area contributed by atoms with E-state index in [1.165, 1.54) is 11.9 Å². The van der Waals surface area contributed by atoms with Gasteiger partial charge in [0.1, 0.15) is 5.82 Å². The first kappa shape index (κ1) is 14.4. The summed E-state index contributed by atoms with van der Waals surface area (Å²) in [4.78, 5) is 17.4. The van der Waals surface area contributed by atoms with E-state index in [0.717, 1.165) is 12.1 Å². The van der Waals surface area contributed by atoms with E-state index in [1.807, 2.05) is 0 Å². The van der Waals surface area contributed by atoms with Gasteiger partial charge in [0.25, 0.3) is 5.91 Å². The highest BCUT2D eigenvalue weighted by molar-refractivity contribution is 6.33. The van der Waals surface area contributed by atoms with E-state index in [1.54, 1.807) is 6.92 Å². The summed E-state index contributed by atoms with van der Waals surface area (Å²) in [5.41, 5.74) is -0.111. The van der Waals surface area contributed by atoms with Crippen LogP contribution in [0.25, 0.3) is 0 Å². The molecule has 0 aliphatic heterocycles. The Bertz CT molecular complexity index is 659. The van der Waals surface area contributed by atoms with Crippen molar-refractivity contribution in [3.8, 4) is 0 Å². The van der Waals surface area contributed by atoms with Crippen LogP contribution in [-0.4, -0.2) is 33.0 Å². The van der Waals surface area contributed by atoms with Crippen molar-refractivity contribution in [2.45, 2.75) is 13.5 Å². The van der Waals surface area contributed by atoms with Crippen LogP contribution in [0.2, 0.25) is 5.02 Å². The lowest BCUT2D eigenvalue weighted by molar-refractivity contribution is 0.0781. The lowest BCUT2D eigenvalue weighted by Gasteiger charge is -2.16. The first-order valence-electron chi connectivity index (χ1n) is 5.66. The number of carbonyl (C=O) groups excluding carboxylic acids is 1. The molecule has 0 unspecified atom stereocenters. The Balaban J connectivity index is 2.20. The topological polar surface area (TPSA) is 61.9 Å². The molecule has 106 valence electrons. The number of hydrogen-bond acceptors (Lipinski definition) is 3. The second kappa shape index (κ2) is 5.54. The number of benzene rings is 1. The molecule has 20 heavy (non-hydrogen) atoms. The third-order valence-corrected chi connectivity index (χ3v) is 2.92. The molecule has 0 radical (unpaired) electrons. The molecule has 8 heteroatoms. The van der Waals surface area contributed by atoms with Gasteiger partial charge in [0, 0.05) is 7.05 Å². The second-order valence-corrected chi connectivity index (χ2v) is 4.65. The summed E-state index contributed by atoms with van der Waals surface area (Å²) in [6, 6.07) is 1.55. The highest BCUT2D eigenvalue weighted by atomic mass is 35.5. The number of aromatic amines is 1. The van der Waals surface area contributed by atoms with Crippen molar-refractivity contribution in [1.29, 1.82) is 0 Å². The van der Waals surface area contributed by atoms with Crippen LogP contribution < -0.4 is 0 Å². The summed E-state index contributed by atoms with van der Waals surface area (Å²) in [6.07, 6.45) is 0. The van der Waals surface area contributed by atoms with E-state index in [4.69, 9.17) is 11.6 Å². The molecule has 2 rings (SSSR count). The third kappa shape index (κ3) is 2.93. The maximum atomic E-state index is 13.2. The standard InChI is InChI=1S/C12H11ClF2N4O/c1-6-16-11(18-17-6)5-19(2)12(20)7-3-9(14)10(15)4-8(7)13/h3-4H,5H2,1-2H3,(H,16,17,18). The minimum absolute atomic E-state index is 0.111. The quantitative estimate of drug-likeness (QED) is 0.885. The van der Waals surface area contributed by atoms with Crippen molar-refractivity contribution in [2.24, 2.45) is 0 Å². The lowest BCUT2D eigenvalue weighted by Crippen LogP contribution is -2.27. The maximum Gasteiger partial charge on any atom is 0.255 e. The number of nitrogens with one attached hydrogen (secondary N) is 1. The number of H-pyrrole nitrogens is 1. The zero-order chi connectivity index (χ0) is 14.9. The van der Waals surface area contributed by atoms with Crippen LogP contribution in [0.4, 0.5) is 8.78 Å². The number of carbonyl (C=O) groups is 1. The Morgan fingerprint density at radius 1 is 1.40 bits per heavy atom. The second-order valence-electron chi connectivity index (χ2n) is 4.24. The molecule has 5 nitrogen and oxygen atoms in total. The number of nitrogens with zero attached hydrogens (tertiary/aromatic N) is 3. The number of halogens is 3. The normalized spacial score (nSPS) is 10.7. The third-order valence-electron chi connectivity index (χ3n) is 2.61. The van der Waals surface area contributed by atoms with Gasteiger partial charge >= 0.3 is 0 Å². The predicted molar refractivity (Wildman–Crippen MR) is 68.3 cm³/mol. The molecule has 0 bridgehead atoms. The van der Waals surface area contributed by atoms with Crippen molar-refractivity contribution >= 4 is 17.5 Å². The molecule has 0 atom stereocenters. The molecule has 1 aromatic carbocycles. The highest BCUT2D eigenvalue weighted by Gasteiger charge is 2.19. The molecule has 0 fully saturated rings. The number of amides is 1. The summed E-state index contributed by atoms with van der Waals surface area (Å²) in [6.45, 7) is 1.85. The van der Waals surface area contributed by atoms with Crippen molar-refractivity contribution in [1.82, 2.24) is 20.1 Å². The number of hydrogen-bond donors (Lipinski definition) is 1. The fourth-order valence-electron chi connectivity index (χ4n) is 1.64. The van der Waals surface area contributed by atoms with Gasteiger partial charge in [-0.3, -0.25) is 9.89 Å². The van der Waals surface area contributed by atoms with E-state index in [2.05, 4.69) is 15.2 Å². The van der Waals surface area contributed by atoms with Crippen LogP contribution in [-0.2, 0) is 6.54 Å². The lowest BCUT2D eigenvalue weighted by atomic mass is 10.2. The van der Waals surface area contributed by atoms with Gasteiger partial charge in [-0.05, 0) is 19.1 Å². The SMILES string of the molecule is Cc1nc(CN(C)C(=O)c2cc(F)c(F)cc2Cl)n[nH]1. The van der Waals surface area contributed by atoms with Crippen LogP contribution in [0, 0.1) is 18.6 Å². The molecular formula is C12H11ClF2N4O. The van der Waals surface area contributed by atoms with Crippen LogP contribution >= 0.6 is 11.6 Å². The summed E-state index contributed by atoms with van der Waals surface area (Å²) < 4.78 is 26.1. The summed E-state index contributed by atoms with van der Waals surface area (Å²) in [5, 5.41) is 6.39. The van der Waals surface area contributed by atoms with Gasteiger partial charge in [-0.1, -0.05) is 11.6 Å². The molecule has 0 aliphatic rings. The zero-order valence-electron chi connectivity index (χ0n) is 10.7. The zero-order valence-corrected chi connectivity index (χ0v) is 11.5. The van der Waals surface area contributed by atoms with Crippen molar-refractivity contribution in [3.05, 3.63) is 46.0 Å². The molecule has 1 amide bonds. The first-order valence-corrected chi connectivity index (χ1v) is 6.04. The van der Waals surface area contributed by atoms with Crippen LogP contribution in [0.1, 0.15) is 22.0 Å². The molecule has 0 spiro atoms. The smallest absolute Gasteiger partial charge is 0.255 e. The highest BCUT2D eigenvalue weighted by Crippen LogP contribution is 2.21. The monoisotopic (exact) mass is 300 g/mol. The van der Waals surface area contributed by atoms with Gasteiger partial charge in [0.2, 0.25) is 0 Å². The average Bonchev–Trinajstić information content (AvgIpc) is 2.78. The van der Waals surface area contributed by atoms with Gasteiger partial charge in [-0.2, -0.15) is 5.10 Å². The Kier molecular flexibility index (Phi) is 3.99. The minimum Gasteiger partial charge on any atom is -0.334 e. The maximum absolute atomic E-state index is 13.2. The van der Waals surface area contributed by atoms with Gasteiger partial charge < -0.3 is 4.90 Å². The Labute approximate surface area is 118 Å². The molecule has 1 N–H and O–H groups in total. The molecule has 0 saturated carbocycles. The van der Waals surface area contributed by atoms with E-state index in [0.29, 0.717) is 11.6 Å².